The third-order valence-electron chi connectivity index (χ3n) is 7.99. The zero-order valence-electron chi connectivity index (χ0n) is 22.0. The molecule has 0 aliphatic carbocycles. The standard InChI is InChI=1S/C29H38BrN3O4S/c1-4-7-11-16-31(14-5-2)28(37)25-29-19-21(30)24(38-29)22(23(29)27(36)33(25)17-18-34)26(35)32(15-6-3)20-12-9-8-10-13-20/h5-6,8-10,12-13,21-25,34H,2-4,7,11,14-19H2,1H3/t21?,22-,23+,24-,25?,29?/m1/s1. The molecule has 3 amide bonds. The van der Waals surface area contributed by atoms with Crippen molar-refractivity contribution in [2.24, 2.45) is 11.8 Å². The van der Waals surface area contributed by atoms with Crippen LogP contribution in [0, 0.1) is 11.8 Å². The van der Waals surface area contributed by atoms with E-state index < -0.39 is 22.6 Å². The lowest BCUT2D eigenvalue weighted by Gasteiger charge is -2.38. The van der Waals surface area contributed by atoms with Gasteiger partial charge in [-0.15, -0.1) is 24.9 Å². The number of amides is 3. The summed E-state index contributed by atoms with van der Waals surface area (Å²) in [4.78, 5) is 47.5. The Morgan fingerprint density at radius 3 is 2.53 bits per heavy atom. The Bertz CT molecular complexity index is 1060. The predicted octanol–water partition coefficient (Wildman–Crippen LogP) is 3.87. The smallest absolute Gasteiger partial charge is 0.247 e. The van der Waals surface area contributed by atoms with E-state index in [0.717, 1.165) is 24.9 Å². The van der Waals surface area contributed by atoms with Crippen molar-refractivity contribution in [1.29, 1.82) is 0 Å². The van der Waals surface area contributed by atoms with Crippen molar-refractivity contribution in [3.63, 3.8) is 0 Å². The quantitative estimate of drug-likeness (QED) is 0.210. The Morgan fingerprint density at radius 2 is 1.89 bits per heavy atom. The fraction of sp³-hybridized carbons (Fsp3) is 0.552. The van der Waals surface area contributed by atoms with E-state index in [2.05, 4.69) is 36.0 Å². The van der Waals surface area contributed by atoms with Gasteiger partial charge in [0.05, 0.1) is 23.2 Å². The molecule has 3 saturated heterocycles. The van der Waals surface area contributed by atoms with Gasteiger partial charge in [-0.3, -0.25) is 14.4 Å². The Labute approximate surface area is 238 Å². The number of anilines is 1. The summed E-state index contributed by atoms with van der Waals surface area (Å²) in [5.41, 5.74) is 0.753. The number of β-amino-alcohol motifs (C(OH)–C–C–N with tert-alkyl or cyclic N) is 1. The number of rotatable bonds is 13. The van der Waals surface area contributed by atoms with Gasteiger partial charge >= 0.3 is 0 Å². The summed E-state index contributed by atoms with van der Waals surface area (Å²) in [7, 11) is 0. The number of fused-ring (bicyclic) bond motifs is 1. The molecule has 1 aromatic rings. The minimum absolute atomic E-state index is 0.0100. The number of thioether (sulfide) groups is 1. The third kappa shape index (κ3) is 4.97. The molecule has 3 fully saturated rings. The van der Waals surface area contributed by atoms with Gasteiger partial charge < -0.3 is 19.8 Å². The minimum atomic E-state index is -0.733. The van der Waals surface area contributed by atoms with Crippen molar-refractivity contribution in [2.45, 2.75) is 53.5 Å². The highest BCUT2D eigenvalue weighted by atomic mass is 79.9. The van der Waals surface area contributed by atoms with Gasteiger partial charge in [-0.1, -0.05) is 66.0 Å². The predicted molar refractivity (Wildman–Crippen MR) is 156 cm³/mol. The van der Waals surface area contributed by atoms with Crippen LogP contribution < -0.4 is 4.90 Å². The van der Waals surface area contributed by atoms with E-state index in [1.54, 1.807) is 38.6 Å². The van der Waals surface area contributed by atoms with Crippen molar-refractivity contribution in [2.75, 3.05) is 37.7 Å². The van der Waals surface area contributed by atoms with Gasteiger partial charge in [0.2, 0.25) is 17.7 Å². The molecule has 0 radical (unpaired) electrons. The summed E-state index contributed by atoms with van der Waals surface area (Å²) in [5, 5.41) is 9.75. The highest BCUT2D eigenvalue weighted by Crippen LogP contribution is 2.68. The fourth-order valence-electron chi connectivity index (χ4n) is 6.45. The van der Waals surface area contributed by atoms with E-state index in [-0.39, 0.29) is 41.0 Å². The fourth-order valence-corrected chi connectivity index (χ4v) is 10.1. The summed E-state index contributed by atoms with van der Waals surface area (Å²) in [6.07, 6.45) is 6.95. The molecule has 3 aliphatic rings. The molecule has 4 rings (SSSR count). The minimum Gasteiger partial charge on any atom is -0.395 e. The molecule has 0 aromatic heterocycles. The average molecular weight is 605 g/mol. The lowest BCUT2D eigenvalue weighted by Crippen LogP contribution is -2.56. The summed E-state index contributed by atoms with van der Waals surface area (Å²) in [6, 6.07) is 8.70. The maximum Gasteiger partial charge on any atom is 0.247 e. The van der Waals surface area contributed by atoms with Crippen LogP contribution in [0.15, 0.2) is 55.6 Å². The van der Waals surface area contributed by atoms with E-state index in [9.17, 15) is 19.5 Å². The third-order valence-corrected chi connectivity index (χ3v) is 11.2. The largest absolute Gasteiger partial charge is 0.395 e. The summed E-state index contributed by atoms with van der Waals surface area (Å²) in [5.74, 6) is -1.66. The molecule has 1 aromatic carbocycles. The van der Waals surface area contributed by atoms with E-state index in [0.29, 0.717) is 26.1 Å². The second kappa shape index (κ2) is 12.4. The maximum absolute atomic E-state index is 14.2. The topological polar surface area (TPSA) is 81.2 Å². The highest BCUT2D eigenvalue weighted by Gasteiger charge is 2.76. The number of para-hydroxylation sites is 1. The van der Waals surface area contributed by atoms with Gasteiger partial charge in [0.25, 0.3) is 0 Å². The van der Waals surface area contributed by atoms with Crippen molar-refractivity contribution in [1.82, 2.24) is 9.80 Å². The number of halogens is 1. The molecule has 6 atom stereocenters. The van der Waals surface area contributed by atoms with E-state index >= 15 is 0 Å². The SMILES string of the molecule is C=CCN(CCCCC)C(=O)C1N(CCO)C(=O)[C@@H]2[C@@H](C(=O)N(CC=C)c3ccccc3)[C@@H]3SC12CC3Br. The Balaban J connectivity index is 1.73. The number of benzene rings is 1. The zero-order chi connectivity index (χ0) is 27.4. The molecule has 206 valence electrons. The van der Waals surface area contributed by atoms with Gasteiger partial charge in [-0.05, 0) is 25.0 Å². The van der Waals surface area contributed by atoms with Gasteiger partial charge in [0.15, 0.2) is 0 Å². The molecule has 3 aliphatic heterocycles. The second-order valence-electron chi connectivity index (χ2n) is 10.3. The highest BCUT2D eigenvalue weighted by molar-refractivity contribution is 9.09. The number of unbranched alkanes of at least 4 members (excludes halogenated alkanes) is 2. The number of likely N-dealkylation sites (tertiary alicyclic amines) is 1. The number of aliphatic hydroxyl groups excluding tert-OH is 1. The molecule has 3 unspecified atom stereocenters. The lowest BCUT2D eigenvalue weighted by atomic mass is 9.70. The summed E-state index contributed by atoms with van der Waals surface area (Å²) >= 11 is 5.44. The van der Waals surface area contributed by atoms with Crippen LogP contribution in [0.4, 0.5) is 5.69 Å². The van der Waals surface area contributed by atoms with Crippen molar-refractivity contribution < 1.29 is 19.5 Å². The van der Waals surface area contributed by atoms with Gasteiger partial charge in [0, 0.05) is 41.9 Å². The van der Waals surface area contributed by atoms with Crippen molar-refractivity contribution in [3.05, 3.63) is 55.6 Å². The average Bonchev–Trinajstić information content (AvgIpc) is 3.50. The number of hydrogen-bond donors (Lipinski definition) is 1. The molecule has 38 heavy (non-hydrogen) atoms. The van der Waals surface area contributed by atoms with Crippen LogP contribution in [-0.2, 0) is 14.4 Å². The molecule has 2 bridgehead atoms. The van der Waals surface area contributed by atoms with E-state index in [1.165, 1.54) is 0 Å². The molecular formula is C29H38BrN3O4S. The first-order valence-corrected chi connectivity index (χ1v) is 15.3. The summed E-state index contributed by atoms with van der Waals surface area (Å²) < 4.78 is -0.733. The first-order chi connectivity index (χ1) is 18.4. The van der Waals surface area contributed by atoms with Crippen LogP contribution >= 0.6 is 27.7 Å². The van der Waals surface area contributed by atoms with Gasteiger partial charge in [0.1, 0.15) is 6.04 Å². The first kappa shape index (κ1) is 28.9. The Hall–Kier alpha value is -2.10. The van der Waals surface area contributed by atoms with Crippen molar-refractivity contribution in [3.8, 4) is 0 Å². The zero-order valence-corrected chi connectivity index (χ0v) is 24.4. The molecule has 7 nitrogen and oxygen atoms in total. The van der Waals surface area contributed by atoms with Crippen LogP contribution in [0.5, 0.6) is 0 Å². The monoisotopic (exact) mass is 603 g/mol. The van der Waals surface area contributed by atoms with E-state index in [1.807, 2.05) is 30.3 Å². The van der Waals surface area contributed by atoms with E-state index in [4.69, 9.17) is 0 Å². The Kier molecular flexibility index (Phi) is 9.42. The van der Waals surface area contributed by atoms with Gasteiger partial charge in [-0.25, -0.2) is 0 Å². The number of hydrogen-bond acceptors (Lipinski definition) is 5. The molecule has 1 spiro atoms. The summed E-state index contributed by atoms with van der Waals surface area (Å²) in [6.45, 7) is 11.0. The number of carbonyl (C=O) groups excluding carboxylic acids is 3. The van der Waals surface area contributed by atoms with Crippen LogP contribution in [0.25, 0.3) is 0 Å². The number of aliphatic hydroxyl groups is 1. The molecule has 1 N–H and O–H groups in total. The second-order valence-corrected chi connectivity index (χ2v) is 13.0. The number of carbonyl (C=O) groups is 3. The molecule has 9 heteroatoms. The lowest BCUT2D eigenvalue weighted by molar-refractivity contribution is -0.143. The Morgan fingerprint density at radius 1 is 1.18 bits per heavy atom. The number of nitrogens with zero attached hydrogens (tertiary/aromatic N) is 3. The van der Waals surface area contributed by atoms with Crippen LogP contribution in [0.1, 0.15) is 32.6 Å². The normalized spacial score (nSPS) is 29.3. The molecular weight excluding hydrogens is 566 g/mol. The van der Waals surface area contributed by atoms with Crippen LogP contribution in [0.3, 0.4) is 0 Å². The van der Waals surface area contributed by atoms with Crippen LogP contribution in [0.2, 0.25) is 0 Å². The molecule has 0 saturated carbocycles. The number of alkyl halides is 1. The first-order valence-electron chi connectivity index (χ1n) is 13.5. The van der Waals surface area contributed by atoms with Gasteiger partial charge in [-0.2, -0.15) is 0 Å². The maximum atomic E-state index is 14.2. The van der Waals surface area contributed by atoms with Crippen molar-refractivity contribution >= 4 is 51.1 Å². The van der Waals surface area contributed by atoms with Crippen LogP contribution in [-0.4, -0.2) is 86.3 Å². The molecule has 3 heterocycles.